The normalized spacial score (nSPS) is 45.6. The molecular weight excluding hydrogens is 396 g/mol. The summed E-state index contributed by atoms with van der Waals surface area (Å²) in [5.41, 5.74) is -2.36. The number of aliphatic hydroxyl groups excluding tert-OH is 2. The molecule has 6 nitrogen and oxygen atoms in total. The highest BCUT2D eigenvalue weighted by atomic mass is 16.6. The maximum atomic E-state index is 14.2. The monoisotopic (exact) mass is 430 g/mol. The van der Waals surface area contributed by atoms with Crippen LogP contribution in [-0.4, -0.2) is 51.5 Å². The fourth-order valence-corrected chi connectivity index (χ4v) is 6.91. The van der Waals surface area contributed by atoms with Gasteiger partial charge in [-0.3, -0.25) is 4.79 Å². The lowest BCUT2D eigenvalue weighted by Crippen LogP contribution is -2.65. The van der Waals surface area contributed by atoms with Gasteiger partial charge in [0.05, 0.1) is 12.0 Å². The Morgan fingerprint density at radius 2 is 2.00 bits per heavy atom. The third-order valence-corrected chi connectivity index (χ3v) is 8.88. The standard InChI is InChI=1S/C25H34O6/c1-7-12(2)22(29)31-21-13(3)10-24-14(4)8-17-18(23(17,5)6)16(20(24)28)9-15(11-26)19(27)25(21,24)30/h7,9-10,14,16-19,21,26-27,30H,8,11H2,1-6H3/b12-7+/t14?,16-,17?,18?,19+,21-,24-,25-/m0/s1. The first-order chi connectivity index (χ1) is 14.4. The summed E-state index contributed by atoms with van der Waals surface area (Å²) in [6.45, 7) is 10.8. The number of fused-ring (bicyclic) bond motifs is 3. The van der Waals surface area contributed by atoms with Gasteiger partial charge in [-0.1, -0.05) is 39.0 Å². The predicted molar refractivity (Wildman–Crippen MR) is 115 cm³/mol. The first-order valence-corrected chi connectivity index (χ1v) is 11.2. The van der Waals surface area contributed by atoms with Crippen LogP contribution in [0.3, 0.4) is 0 Å². The van der Waals surface area contributed by atoms with Gasteiger partial charge in [-0.2, -0.15) is 0 Å². The molecule has 2 saturated carbocycles. The summed E-state index contributed by atoms with van der Waals surface area (Å²) in [5.74, 6) is -1.13. The molecule has 0 radical (unpaired) electrons. The number of allylic oxidation sites excluding steroid dienone is 2. The van der Waals surface area contributed by atoms with Crippen LogP contribution in [0.1, 0.15) is 48.0 Å². The third-order valence-electron chi connectivity index (χ3n) is 8.88. The fraction of sp³-hybridized carbons (Fsp3) is 0.680. The van der Waals surface area contributed by atoms with E-state index in [0.29, 0.717) is 17.1 Å². The van der Waals surface area contributed by atoms with Crippen LogP contribution in [0.25, 0.3) is 0 Å². The Bertz CT molecular complexity index is 926. The van der Waals surface area contributed by atoms with E-state index in [1.807, 2.05) is 6.92 Å². The molecule has 4 aliphatic rings. The smallest absolute Gasteiger partial charge is 0.334 e. The van der Waals surface area contributed by atoms with E-state index in [1.54, 1.807) is 39.0 Å². The molecular formula is C25H34O6. The summed E-state index contributed by atoms with van der Waals surface area (Å²) < 4.78 is 5.72. The lowest BCUT2D eigenvalue weighted by molar-refractivity contribution is -0.201. The van der Waals surface area contributed by atoms with E-state index in [9.17, 15) is 24.9 Å². The second kappa shape index (κ2) is 6.87. The van der Waals surface area contributed by atoms with E-state index < -0.39 is 41.7 Å². The zero-order valence-electron chi connectivity index (χ0n) is 19.2. The average Bonchev–Trinajstić information content (AvgIpc) is 3.21. The Labute approximate surface area is 183 Å². The summed E-state index contributed by atoms with van der Waals surface area (Å²) in [5, 5.41) is 33.7. The molecule has 3 unspecified atom stereocenters. The molecule has 0 amide bonds. The molecule has 4 aliphatic carbocycles. The molecule has 1 spiro atoms. The van der Waals surface area contributed by atoms with Gasteiger partial charge in [0.1, 0.15) is 6.10 Å². The number of ether oxygens (including phenoxy) is 1. The molecule has 3 N–H and O–H groups in total. The van der Waals surface area contributed by atoms with Crippen molar-refractivity contribution in [3.05, 3.63) is 34.9 Å². The number of Topliss-reactive ketones (excluding diaryl/α,β-unsaturated/α-hetero) is 1. The minimum Gasteiger partial charge on any atom is -0.451 e. The van der Waals surface area contributed by atoms with E-state index in [4.69, 9.17) is 4.74 Å². The molecule has 0 aliphatic heterocycles. The average molecular weight is 431 g/mol. The number of carbonyl (C=O) groups is 2. The first-order valence-electron chi connectivity index (χ1n) is 11.2. The number of hydrogen-bond donors (Lipinski definition) is 3. The summed E-state index contributed by atoms with van der Waals surface area (Å²) in [6.07, 6.45) is 3.04. The van der Waals surface area contributed by atoms with E-state index >= 15 is 0 Å². The maximum absolute atomic E-state index is 14.2. The molecule has 2 fully saturated rings. The van der Waals surface area contributed by atoms with Gasteiger partial charge in [-0.25, -0.2) is 4.79 Å². The number of carbonyl (C=O) groups excluding carboxylic acids is 2. The summed E-state index contributed by atoms with van der Waals surface area (Å²) in [4.78, 5) is 26.8. The first kappa shape index (κ1) is 22.4. The van der Waals surface area contributed by atoms with E-state index in [2.05, 4.69) is 13.8 Å². The number of rotatable bonds is 3. The van der Waals surface area contributed by atoms with Crippen molar-refractivity contribution >= 4 is 11.8 Å². The highest BCUT2D eigenvalue weighted by molar-refractivity contribution is 5.96. The Kier molecular flexibility index (Phi) is 4.97. The fourth-order valence-electron chi connectivity index (χ4n) is 6.91. The van der Waals surface area contributed by atoms with Crippen molar-refractivity contribution < 1.29 is 29.6 Å². The van der Waals surface area contributed by atoms with Gasteiger partial charge in [0.25, 0.3) is 0 Å². The molecule has 8 atom stereocenters. The van der Waals surface area contributed by atoms with Crippen LogP contribution < -0.4 is 0 Å². The lowest BCUT2D eigenvalue weighted by atomic mass is 9.59. The van der Waals surface area contributed by atoms with Gasteiger partial charge in [-0.05, 0) is 61.5 Å². The Morgan fingerprint density at radius 3 is 2.58 bits per heavy atom. The molecule has 31 heavy (non-hydrogen) atoms. The van der Waals surface area contributed by atoms with Gasteiger partial charge >= 0.3 is 5.97 Å². The molecule has 0 aromatic heterocycles. The summed E-state index contributed by atoms with van der Waals surface area (Å²) >= 11 is 0. The quantitative estimate of drug-likeness (QED) is 0.361. The molecule has 2 bridgehead atoms. The largest absolute Gasteiger partial charge is 0.451 e. The molecule has 0 aromatic carbocycles. The highest BCUT2D eigenvalue weighted by Crippen LogP contribution is 2.71. The third kappa shape index (κ3) is 2.61. The van der Waals surface area contributed by atoms with E-state index in [-0.39, 0.29) is 28.6 Å². The number of hydrogen-bond acceptors (Lipinski definition) is 6. The summed E-state index contributed by atoms with van der Waals surface area (Å²) in [6, 6.07) is 0. The highest BCUT2D eigenvalue weighted by Gasteiger charge is 2.76. The molecule has 0 saturated heterocycles. The molecule has 6 heteroatoms. The van der Waals surface area contributed by atoms with Crippen molar-refractivity contribution in [3.8, 4) is 0 Å². The van der Waals surface area contributed by atoms with Crippen molar-refractivity contribution in [1.29, 1.82) is 0 Å². The molecule has 170 valence electrons. The number of aliphatic hydroxyl groups is 3. The number of ketones is 1. The number of esters is 1. The van der Waals surface area contributed by atoms with Crippen LogP contribution in [0, 0.1) is 34.5 Å². The van der Waals surface area contributed by atoms with Gasteiger partial charge in [0.15, 0.2) is 17.5 Å². The van der Waals surface area contributed by atoms with Crippen molar-refractivity contribution in [1.82, 2.24) is 0 Å². The van der Waals surface area contributed by atoms with Crippen molar-refractivity contribution in [2.75, 3.05) is 6.61 Å². The van der Waals surface area contributed by atoms with Crippen molar-refractivity contribution in [2.45, 2.75) is 65.8 Å². The van der Waals surface area contributed by atoms with Crippen molar-refractivity contribution in [2.24, 2.45) is 34.5 Å². The predicted octanol–water partition coefficient (Wildman–Crippen LogP) is 2.33. The van der Waals surface area contributed by atoms with E-state index in [0.717, 1.165) is 6.42 Å². The second-order valence-corrected chi connectivity index (χ2v) is 10.6. The lowest BCUT2D eigenvalue weighted by Gasteiger charge is -2.48. The zero-order valence-corrected chi connectivity index (χ0v) is 19.2. The van der Waals surface area contributed by atoms with E-state index in [1.165, 1.54) is 0 Å². The second-order valence-electron chi connectivity index (χ2n) is 10.6. The van der Waals surface area contributed by atoms with Crippen LogP contribution in [0.2, 0.25) is 0 Å². The van der Waals surface area contributed by atoms with Crippen LogP contribution in [-0.2, 0) is 14.3 Å². The van der Waals surface area contributed by atoms with Crippen LogP contribution >= 0.6 is 0 Å². The van der Waals surface area contributed by atoms with Crippen molar-refractivity contribution in [3.63, 3.8) is 0 Å². The summed E-state index contributed by atoms with van der Waals surface area (Å²) in [7, 11) is 0. The topological polar surface area (TPSA) is 104 Å². The minimum atomic E-state index is -2.08. The van der Waals surface area contributed by atoms with Crippen LogP contribution in [0.4, 0.5) is 0 Å². The Morgan fingerprint density at radius 1 is 1.35 bits per heavy atom. The molecule has 4 rings (SSSR count). The minimum absolute atomic E-state index is 0.0209. The van der Waals surface area contributed by atoms with Crippen LogP contribution in [0.5, 0.6) is 0 Å². The maximum Gasteiger partial charge on any atom is 0.334 e. The van der Waals surface area contributed by atoms with Crippen LogP contribution in [0.15, 0.2) is 34.9 Å². The van der Waals surface area contributed by atoms with Gasteiger partial charge in [0.2, 0.25) is 0 Å². The van der Waals surface area contributed by atoms with Gasteiger partial charge in [-0.15, -0.1) is 0 Å². The Hall–Kier alpha value is -1.76. The molecule has 0 heterocycles. The zero-order chi connectivity index (χ0) is 23.1. The Balaban J connectivity index is 1.91. The SMILES string of the molecule is C/C=C(\C)C(=O)O[C@H]1C(C)=C[C@]23C(=O)[C@@H](C=C(CO)[C@@H](O)[C@]12O)C1C(CC3C)C1(C)C. The van der Waals surface area contributed by atoms with Gasteiger partial charge in [0, 0.05) is 11.5 Å². The molecule has 0 aromatic rings. The van der Waals surface area contributed by atoms with Gasteiger partial charge < -0.3 is 20.1 Å².